The summed E-state index contributed by atoms with van der Waals surface area (Å²) in [5.41, 5.74) is 2.42. The second-order valence-corrected chi connectivity index (χ2v) is 4.63. The Morgan fingerprint density at radius 3 is 2.60 bits per heavy atom. The lowest BCUT2D eigenvalue weighted by Crippen LogP contribution is -2.41. The lowest BCUT2D eigenvalue weighted by atomic mass is 10.1. The molecule has 0 bridgehead atoms. The number of carboxylic acid groups (broad SMARTS) is 1. The molecule has 0 heterocycles. The number of urea groups is 1. The van der Waals surface area contributed by atoms with E-state index in [9.17, 15) is 9.59 Å². The van der Waals surface area contributed by atoms with Gasteiger partial charge in [-0.3, -0.25) is 4.79 Å². The van der Waals surface area contributed by atoms with Crippen molar-refractivity contribution in [2.45, 2.75) is 26.7 Å². The number of nitrogens with zero attached hydrogens (tertiary/aromatic N) is 1. The number of carboxylic acids is 1. The van der Waals surface area contributed by atoms with E-state index in [0.29, 0.717) is 13.1 Å². The molecule has 0 aliphatic rings. The summed E-state index contributed by atoms with van der Waals surface area (Å²) in [5, 5.41) is 11.5. The topological polar surface area (TPSA) is 69.6 Å². The van der Waals surface area contributed by atoms with Crippen LogP contribution in [0.5, 0.6) is 0 Å². The van der Waals surface area contributed by atoms with Crippen LogP contribution in [0.3, 0.4) is 0 Å². The maximum Gasteiger partial charge on any atom is 0.317 e. The summed E-state index contributed by atoms with van der Waals surface area (Å²) < 4.78 is 0. The molecule has 0 spiro atoms. The van der Waals surface area contributed by atoms with Crippen molar-refractivity contribution in [1.82, 2.24) is 10.2 Å². The first-order valence-corrected chi connectivity index (χ1v) is 6.83. The van der Waals surface area contributed by atoms with Gasteiger partial charge in [0.2, 0.25) is 0 Å². The molecule has 1 aromatic rings. The van der Waals surface area contributed by atoms with E-state index in [1.165, 1.54) is 16.0 Å². The number of amides is 2. The van der Waals surface area contributed by atoms with Crippen LogP contribution in [-0.2, 0) is 11.2 Å². The number of rotatable bonds is 7. The normalized spacial score (nSPS) is 10.1. The molecule has 2 N–H and O–H groups in total. The number of carbonyl (C=O) groups is 2. The Morgan fingerprint density at radius 1 is 1.30 bits per heavy atom. The Morgan fingerprint density at radius 2 is 2.00 bits per heavy atom. The summed E-state index contributed by atoms with van der Waals surface area (Å²) in [4.78, 5) is 23.9. The zero-order chi connectivity index (χ0) is 15.0. The Labute approximate surface area is 119 Å². The van der Waals surface area contributed by atoms with Gasteiger partial charge in [-0.2, -0.15) is 0 Å². The van der Waals surface area contributed by atoms with E-state index in [4.69, 9.17) is 5.11 Å². The summed E-state index contributed by atoms with van der Waals surface area (Å²) in [7, 11) is 0. The fraction of sp³-hybridized carbons (Fsp3) is 0.467. The lowest BCUT2D eigenvalue weighted by molar-refractivity contribution is -0.137. The number of hydrogen-bond acceptors (Lipinski definition) is 2. The molecule has 5 heteroatoms. The number of benzene rings is 1. The molecular formula is C15H22N2O3. The SMILES string of the molecule is CCN(CCC(=O)O)C(=O)NCCc1ccccc1C. The van der Waals surface area contributed by atoms with Crippen LogP contribution in [0.15, 0.2) is 24.3 Å². The fourth-order valence-corrected chi connectivity index (χ4v) is 1.94. The number of hydrogen-bond donors (Lipinski definition) is 2. The minimum Gasteiger partial charge on any atom is -0.481 e. The standard InChI is InChI=1S/C15H22N2O3/c1-3-17(11-9-14(18)19)15(20)16-10-8-13-7-5-4-6-12(13)2/h4-7H,3,8-11H2,1-2H3,(H,16,20)(H,18,19). The molecule has 0 aromatic heterocycles. The molecule has 1 aromatic carbocycles. The highest BCUT2D eigenvalue weighted by atomic mass is 16.4. The van der Waals surface area contributed by atoms with Gasteiger partial charge in [0.25, 0.3) is 0 Å². The van der Waals surface area contributed by atoms with E-state index in [-0.39, 0.29) is 19.0 Å². The van der Waals surface area contributed by atoms with E-state index in [0.717, 1.165) is 6.42 Å². The van der Waals surface area contributed by atoms with Crippen molar-refractivity contribution in [2.75, 3.05) is 19.6 Å². The van der Waals surface area contributed by atoms with Crippen molar-refractivity contribution in [3.8, 4) is 0 Å². The van der Waals surface area contributed by atoms with Gasteiger partial charge in [-0.15, -0.1) is 0 Å². The van der Waals surface area contributed by atoms with Crippen LogP contribution >= 0.6 is 0 Å². The average Bonchev–Trinajstić information content (AvgIpc) is 2.41. The summed E-state index contributed by atoms with van der Waals surface area (Å²) in [6.45, 7) is 5.17. The van der Waals surface area contributed by atoms with Gasteiger partial charge in [0.1, 0.15) is 0 Å². The van der Waals surface area contributed by atoms with Crippen molar-refractivity contribution in [2.24, 2.45) is 0 Å². The highest BCUT2D eigenvalue weighted by Crippen LogP contribution is 2.06. The molecule has 1 rings (SSSR count). The average molecular weight is 278 g/mol. The second kappa shape index (κ2) is 8.19. The Hall–Kier alpha value is -2.04. The lowest BCUT2D eigenvalue weighted by Gasteiger charge is -2.20. The quantitative estimate of drug-likeness (QED) is 0.802. The molecule has 0 saturated carbocycles. The van der Waals surface area contributed by atoms with Gasteiger partial charge in [0.05, 0.1) is 6.42 Å². The van der Waals surface area contributed by atoms with Crippen molar-refractivity contribution < 1.29 is 14.7 Å². The van der Waals surface area contributed by atoms with Gasteiger partial charge in [-0.05, 0) is 31.4 Å². The molecule has 0 unspecified atom stereocenters. The maximum atomic E-state index is 11.9. The summed E-state index contributed by atoms with van der Waals surface area (Å²) in [5.74, 6) is -0.892. The molecule has 0 aliphatic heterocycles. The van der Waals surface area contributed by atoms with Gasteiger partial charge in [0, 0.05) is 19.6 Å². The summed E-state index contributed by atoms with van der Waals surface area (Å²) in [6, 6.07) is 7.85. The zero-order valence-electron chi connectivity index (χ0n) is 12.1. The number of aryl methyl sites for hydroxylation is 1. The van der Waals surface area contributed by atoms with E-state index in [1.54, 1.807) is 0 Å². The minimum atomic E-state index is -0.892. The van der Waals surface area contributed by atoms with Gasteiger partial charge >= 0.3 is 12.0 Å². The summed E-state index contributed by atoms with van der Waals surface area (Å²) >= 11 is 0. The van der Waals surface area contributed by atoms with Crippen LogP contribution in [0.4, 0.5) is 4.79 Å². The summed E-state index contributed by atoms with van der Waals surface area (Å²) in [6.07, 6.45) is 0.744. The van der Waals surface area contributed by atoms with Crippen LogP contribution < -0.4 is 5.32 Å². The number of carbonyl (C=O) groups excluding carboxylic acids is 1. The molecule has 0 fully saturated rings. The van der Waals surface area contributed by atoms with Gasteiger partial charge in [-0.25, -0.2) is 4.79 Å². The molecule has 0 radical (unpaired) electrons. The highest BCUT2D eigenvalue weighted by Gasteiger charge is 2.12. The molecular weight excluding hydrogens is 256 g/mol. The highest BCUT2D eigenvalue weighted by molar-refractivity contribution is 5.75. The predicted octanol–water partition coefficient (Wildman–Crippen LogP) is 2.04. The molecule has 0 saturated heterocycles. The van der Waals surface area contributed by atoms with Crippen LogP contribution in [0.2, 0.25) is 0 Å². The van der Waals surface area contributed by atoms with E-state index < -0.39 is 5.97 Å². The first kappa shape index (κ1) is 16.0. The predicted molar refractivity (Wildman–Crippen MR) is 77.8 cm³/mol. The third-order valence-corrected chi connectivity index (χ3v) is 3.20. The molecule has 0 atom stereocenters. The third-order valence-electron chi connectivity index (χ3n) is 3.20. The molecule has 5 nitrogen and oxygen atoms in total. The first-order valence-electron chi connectivity index (χ1n) is 6.83. The largest absolute Gasteiger partial charge is 0.481 e. The Bertz CT molecular complexity index is 460. The second-order valence-electron chi connectivity index (χ2n) is 4.63. The molecule has 0 aliphatic carbocycles. The van der Waals surface area contributed by atoms with Crippen LogP contribution in [0.1, 0.15) is 24.5 Å². The number of nitrogens with one attached hydrogen (secondary N) is 1. The van der Waals surface area contributed by atoms with Crippen LogP contribution in [0, 0.1) is 6.92 Å². The van der Waals surface area contributed by atoms with E-state index in [2.05, 4.69) is 5.32 Å². The maximum absolute atomic E-state index is 11.9. The van der Waals surface area contributed by atoms with Crippen LogP contribution in [0.25, 0.3) is 0 Å². The monoisotopic (exact) mass is 278 g/mol. The Balaban J connectivity index is 2.38. The van der Waals surface area contributed by atoms with Gasteiger partial charge in [-0.1, -0.05) is 24.3 Å². The zero-order valence-corrected chi connectivity index (χ0v) is 12.1. The fourth-order valence-electron chi connectivity index (χ4n) is 1.94. The van der Waals surface area contributed by atoms with Gasteiger partial charge in [0.15, 0.2) is 0 Å². The molecule has 20 heavy (non-hydrogen) atoms. The van der Waals surface area contributed by atoms with Crippen LogP contribution in [-0.4, -0.2) is 41.6 Å². The Kier molecular flexibility index (Phi) is 6.56. The van der Waals surface area contributed by atoms with Crippen molar-refractivity contribution in [3.05, 3.63) is 35.4 Å². The third kappa shape index (κ3) is 5.30. The van der Waals surface area contributed by atoms with Crippen molar-refractivity contribution in [1.29, 1.82) is 0 Å². The first-order chi connectivity index (χ1) is 9.54. The van der Waals surface area contributed by atoms with Gasteiger partial charge < -0.3 is 15.3 Å². The number of aliphatic carboxylic acids is 1. The smallest absolute Gasteiger partial charge is 0.317 e. The molecule has 2 amide bonds. The van der Waals surface area contributed by atoms with E-state index in [1.807, 2.05) is 38.1 Å². The van der Waals surface area contributed by atoms with Crippen molar-refractivity contribution >= 4 is 12.0 Å². The minimum absolute atomic E-state index is 0.0287. The van der Waals surface area contributed by atoms with E-state index >= 15 is 0 Å². The molecule has 110 valence electrons. The van der Waals surface area contributed by atoms with Crippen molar-refractivity contribution in [3.63, 3.8) is 0 Å².